The van der Waals surface area contributed by atoms with Crippen molar-refractivity contribution in [3.05, 3.63) is 0 Å². The number of hydrogen-bond acceptors (Lipinski definition) is 5. The molecule has 7 nitrogen and oxygen atoms in total. The van der Waals surface area contributed by atoms with Crippen molar-refractivity contribution in [3.8, 4) is 0 Å². The third-order valence-corrected chi connectivity index (χ3v) is 4.64. The van der Waals surface area contributed by atoms with Crippen LogP contribution in [0.1, 0.15) is 20.3 Å². The molecule has 148 valence electrons. The van der Waals surface area contributed by atoms with Crippen LogP contribution in [-0.2, 0) is 9.47 Å². The molecule has 2 N–H and O–H groups in total. The maximum atomic E-state index is 5.88. The predicted molar refractivity (Wildman–Crippen MR) is 113 cm³/mol. The van der Waals surface area contributed by atoms with E-state index in [2.05, 4.69) is 48.4 Å². The lowest BCUT2D eigenvalue weighted by Gasteiger charge is -2.37. The number of guanidine groups is 1. The van der Waals surface area contributed by atoms with Crippen molar-refractivity contribution in [1.82, 2.24) is 20.4 Å². The third kappa shape index (κ3) is 8.38. The summed E-state index contributed by atoms with van der Waals surface area (Å²) < 4.78 is 11.2. The summed E-state index contributed by atoms with van der Waals surface area (Å²) in [4.78, 5) is 9.57. The maximum absolute atomic E-state index is 5.88. The van der Waals surface area contributed by atoms with Gasteiger partial charge >= 0.3 is 0 Å². The van der Waals surface area contributed by atoms with E-state index in [1.165, 1.54) is 0 Å². The van der Waals surface area contributed by atoms with Gasteiger partial charge in [-0.1, -0.05) is 0 Å². The molecule has 2 aliphatic heterocycles. The Balaban J connectivity index is 0.00000312. The van der Waals surface area contributed by atoms with Crippen LogP contribution < -0.4 is 10.6 Å². The minimum absolute atomic E-state index is 0. The Morgan fingerprint density at radius 3 is 2.84 bits per heavy atom. The van der Waals surface area contributed by atoms with Gasteiger partial charge in [0.25, 0.3) is 0 Å². The standard InChI is InChI=1S/C17H35N5O2.HI/c1-5-18-17(19-10-15-11-21(3)7-8-22(15)4)20-14(2)12-24-16-6-9-23-13-16;/h14-16H,5-13H2,1-4H3,(H2,18,19,20);1H. The lowest BCUT2D eigenvalue weighted by Crippen LogP contribution is -2.52. The maximum Gasteiger partial charge on any atom is 0.191 e. The van der Waals surface area contributed by atoms with E-state index in [4.69, 9.17) is 14.5 Å². The molecule has 0 spiro atoms. The summed E-state index contributed by atoms with van der Waals surface area (Å²) in [6.07, 6.45) is 1.25. The van der Waals surface area contributed by atoms with Crippen LogP contribution >= 0.6 is 24.0 Å². The molecule has 3 atom stereocenters. The van der Waals surface area contributed by atoms with Gasteiger partial charge in [-0.15, -0.1) is 24.0 Å². The van der Waals surface area contributed by atoms with Crippen molar-refractivity contribution in [1.29, 1.82) is 0 Å². The Hall–Kier alpha value is -0.160. The van der Waals surface area contributed by atoms with Gasteiger partial charge in [-0.2, -0.15) is 0 Å². The summed E-state index contributed by atoms with van der Waals surface area (Å²) in [5.41, 5.74) is 0. The van der Waals surface area contributed by atoms with Crippen LogP contribution in [0.2, 0.25) is 0 Å². The summed E-state index contributed by atoms with van der Waals surface area (Å²) in [5.74, 6) is 0.873. The summed E-state index contributed by atoms with van der Waals surface area (Å²) in [6, 6.07) is 0.691. The molecule has 0 bridgehead atoms. The first-order valence-corrected chi connectivity index (χ1v) is 9.21. The molecule has 2 rings (SSSR count). The van der Waals surface area contributed by atoms with E-state index in [-0.39, 0.29) is 36.1 Å². The van der Waals surface area contributed by atoms with E-state index in [1.54, 1.807) is 0 Å². The second-order valence-corrected chi connectivity index (χ2v) is 6.98. The SMILES string of the molecule is CCNC(=NCC1CN(C)CCN1C)NC(C)COC1CCOC1.I. The number of ether oxygens (including phenoxy) is 2. The van der Waals surface area contributed by atoms with Gasteiger partial charge in [0.1, 0.15) is 0 Å². The molecule has 2 fully saturated rings. The summed E-state index contributed by atoms with van der Waals surface area (Å²) in [5, 5.41) is 6.78. The number of nitrogens with one attached hydrogen (secondary N) is 2. The molecule has 0 aromatic heterocycles. The van der Waals surface area contributed by atoms with E-state index in [9.17, 15) is 0 Å². The van der Waals surface area contributed by atoms with E-state index < -0.39 is 0 Å². The number of halogens is 1. The highest BCUT2D eigenvalue weighted by atomic mass is 127. The van der Waals surface area contributed by atoms with Gasteiger partial charge < -0.3 is 25.0 Å². The van der Waals surface area contributed by atoms with Gasteiger partial charge in [-0.25, -0.2) is 0 Å². The molecule has 3 unspecified atom stereocenters. The molecule has 8 heteroatoms. The zero-order valence-corrected chi connectivity index (χ0v) is 18.5. The first-order valence-electron chi connectivity index (χ1n) is 9.21. The smallest absolute Gasteiger partial charge is 0.191 e. The molecule has 0 aromatic rings. The van der Waals surface area contributed by atoms with Crippen LogP contribution in [0.15, 0.2) is 4.99 Å². The molecular weight excluding hydrogens is 433 g/mol. The topological polar surface area (TPSA) is 61.4 Å². The fraction of sp³-hybridized carbons (Fsp3) is 0.941. The highest BCUT2D eigenvalue weighted by Crippen LogP contribution is 2.08. The second kappa shape index (κ2) is 12.3. The van der Waals surface area contributed by atoms with E-state index in [1.807, 2.05) is 0 Å². The van der Waals surface area contributed by atoms with Crippen molar-refractivity contribution in [2.75, 3.05) is 66.6 Å². The monoisotopic (exact) mass is 469 g/mol. The molecular formula is C17H36IN5O2. The molecule has 2 saturated heterocycles. The quantitative estimate of drug-likeness (QED) is 0.324. The zero-order valence-electron chi connectivity index (χ0n) is 16.2. The molecule has 0 amide bonds. The largest absolute Gasteiger partial charge is 0.379 e. The Morgan fingerprint density at radius 1 is 1.36 bits per heavy atom. The third-order valence-electron chi connectivity index (χ3n) is 4.64. The lowest BCUT2D eigenvalue weighted by atomic mass is 10.2. The number of likely N-dealkylation sites (N-methyl/N-ethyl adjacent to an activating group) is 2. The summed E-state index contributed by atoms with van der Waals surface area (Å²) >= 11 is 0. The average molecular weight is 469 g/mol. The number of hydrogen-bond donors (Lipinski definition) is 2. The van der Waals surface area contributed by atoms with Gasteiger partial charge in [0.2, 0.25) is 0 Å². The molecule has 0 aliphatic carbocycles. The Kier molecular flexibility index (Phi) is 11.2. The Morgan fingerprint density at radius 2 is 2.16 bits per heavy atom. The fourth-order valence-corrected chi connectivity index (χ4v) is 3.02. The highest BCUT2D eigenvalue weighted by molar-refractivity contribution is 14.0. The van der Waals surface area contributed by atoms with Gasteiger partial charge in [-0.05, 0) is 34.4 Å². The summed E-state index contributed by atoms with van der Waals surface area (Å²) in [6.45, 7) is 11.4. The highest BCUT2D eigenvalue weighted by Gasteiger charge is 2.22. The van der Waals surface area contributed by atoms with Crippen LogP contribution in [0.3, 0.4) is 0 Å². The van der Waals surface area contributed by atoms with Gasteiger partial charge in [0.15, 0.2) is 5.96 Å². The minimum Gasteiger partial charge on any atom is -0.379 e. The minimum atomic E-state index is 0. The normalized spacial score (nSPS) is 27.0. The van der Waals surface area contributed by atoms with Crippen LogP contribution in [-0.4, -0.2) is 101 Å². The first kappa shape index (κ1) is 22.9. The van der Waals surface area contributed by atoms with Gasteiger partial charge in [0.05, 0.1) is 25.9 Å². The van der Waals surface area contributed by atoms with Crippen LogP contribution in [0.25, 0.3) is 0 Å². The van der Waals surface area contributed by atoms with Crippen LogP contribution in [0.5, 0.6) is 0 Å². The molecule has 2 heterocycles. The van der Waals surface area contributed by atoms with Crippen molar-refractivity contribution in [3.63, 3.8) is 0 Å². The number of aliphatic imine (C=N–C) groups is 1. The van der Waals surface area contributed by atoms with E-state index >= 15 is 0 Å². The number of rotatable bonds is 7. The molecule has 25 heavy (non-hydrogen) atoms. The lowest BCUT2D eigenvalue weighted by molar-refractivity contribution is 0.0347. The molecule has 2 aliphatic rings. The Bertz CT molecular complexity index is 393. The average Bonchev–Trinajstić information content (AvgIpc) is 3.07. The summed E-state index contributed by atoms with van der Waals surface area (Å²) in [7, 11) is 4.37. The van der Waals surface area contributed by atoms with Crippen LogP contribution in [0.4, 0.5) is 0 Å². The van der Waals surface area contributed by atoms with Gasteiger partial charge in [-0.3, -0.25) is 9.89 Å². The first-order chi connectivity index (χ1) is 11.6. The second-order valence-electron chi connectivity index (χ2n) is 6.98. The van der Waals surface area contributed by atoms with E-state index in [0.717, 1.165) is 58.3 Å². The molecule has 0 radical (unpaired) electrons. The Labute approximate surface area is 169 Å². The molecule has 0 saturated carbocycles. The van der Waals surface area contributed by atoms with E-state index in [0.29, 0.717) is 12.6 Å². The number of piperazine rings is 1. The number of nitrogens with zero attached hydrogens (tertiary/aromatic N) is 3. The molecule has 0 aromatic carbocycles. The predicted octanol–water partition coefficient (Wildman–Crippen LogP) is 0.599. The van der Waals surface area contributed by atoms with Crippen LogP contribution in [0, 0.1) is 0 Å². The van der Waals surface area contributed by atoms with Crippen molar-refractivity contribution < 1.29 is 9.47 Å². The fourth-order valence-electron chi connectivity index (χ4n) is 3.02. The van der Waals surface area contributed by atoms with Crippen molar-refractivity contribution in [2.45, 2.75) is 38.5 Å². The van der Waals surface area contributed by atoms with Crippen molar-refractivity contribution >= 4 is 29.9 Å². The zero-order chi connectivity index (χ0) is 17.4. The van der Waals surface area contributed by atoms with Crippen molar-refractivity contribution in [2.24, 2.45) is 4.99 Å². The van der Waals surface area contributed by atoms with Gasteiger partial charge in [0, 0.05) is 44.9 Å².